The first kappa shape index (κ1) is 33.8. The maximum Gasteiger partial charge on any atom is 0.408 e. The third-order valence-corrected chi connectivity index (χ3v) is 6.07. The van der Waals surface area contributed by atoms with Crippen molar-refractivity contribution in [2.45, 2.75) is 65.1 Å². The van der Waals surface area contributed by atoms with Gasteiger partial charge in [-0.25, -0.2) is 4.79 Å². The van der Waals surface area contributed by atoms with Crippen LogP contribution in [0.3, 0.4) is 0 Å². The molecule has 11 nitrogen and oxygen atoms in total. The summed E-state index contributed by atoms with van der Waals surface area (Å²) >= 11 is 0. The van der Waals surface area contributed by atoms with Gasteiger partial charge in [0.1, 0.15) is 24.7 Å². The molecule has 3 rings (SSSR count). The molecule has 228 valence electrons. The van der Waals surface area contributed by atoms with Crippen molar-refractivity contribution in [2.75, 3.05) is 13.1 Å². The first-order chi connectivity index (χ1) is 20.1. The number of hydrogen-bond acceptors (Lipinski definition) is 7. The summed E-state index contributed by atoms with van der Waals surface area (Å²) in [6.07, 6.45) is 1.43. The van der Waals surface area contributed by atoms with Gasteiger partial charge < -0.3 is 35.9 Å². The van der Waals surface area contributed by atoms with Crippen LogP contribution in [-0.4, -0.2) is 60.4 Å². The molecule has 0 bridgehead atoms. The highest BCUT2D eigenvalue weighted by molar-refractivity contribution is 5.90. The van der Waals surface area contributed by atoms with E-state index < -0.39 is 36.5 Å². The van der Waals surface area contributed by atoms with Gasteiger partial charge in [0.25, 0.3) is 0 Å². The fourth-order valence-electron chi connectivity index (χ4n) is 4.05. The second kappa shape index (κ2) is 18.1. The van der Waals surface area contributed by atoms with Crippen LogP contribution in [0.25, 0.3) is 0 Å². The number of hydrogen-bond donors (Lipinski definition) is 5. The molecule has 42 heavy (non-hydrogen) atoms. The molecular formula is C31H42N4O7. The van der Waals surface area contributed by atoms with Crippen molar-refractivity contribution in [3.05, 3.63) is 65.7 Å². The molecule has 1 saturated heterocycles. The van der Waals surface area contributed by atoms with Gasteiger partial charge in [0, 0.05) is 18.9 Å². The van der Waals surface area contributed by atoms with E-state index in [0.717, 1.165) is 17.9 Å². The first-order valence-electron chi connectivity index (χ1n) is 14.1. The Morgan fingerprint density at radius 1 is 1.02 bits per heavy atom. The molecule has 0 aliphatic carbocycles. The van der Waals surface area contributed by atoms with Crippen LogP contribution in [0.2, 0.25) is 0 Å². The number of alkyl carbamates (subject to hydrolysis) is 1. The molecule has 1 aliphatic rings. The van der Waals surface area contributed by atoms with E-state index in [1.54, 1.807) is 24.3 Å². The smallest absolute Gasteiger partial charge is 0.408 e. The maximum absolute atomic E-state index is 12.9. The summed E-state index contributed by atoms with van der Waals surface area (Å²) in [6.45, 7) is 6.67. The molecule has 1 heterocycles. The van der Waals surface area contributed by atoms with Crippen molar-refractivity contribution in [1.82, 2.24) is 21.3 Å². The SMILES string of the molecule is CC(C)C.O=CC(CC1CCCNC1=O)NC(=O)CNC(=O)C(Cc1ccc(O)cc1)NC(=O)OCc1ccccc1. The number of carbonyl (C=O) groups is 5. The average molecular weight is 583 g/mol. The molecule has 0 saturated carbocycles. The Morgan fingerprint density at radius 3 is 2.31 bits per heavy atom. The molecule has 0 radical (unpaired) electrons. The van der Waals surface area contributed by atoms with E-state index in [1.807, 2.05) is 18.2 Å². The van der Waals surface area contributed by atoms with Crippen LogP contribution >= 0.6 is 0 Å². The van der Waals surface area contributed by atoms with Crippen molar-refractivity contribution >= 4 is 30.1 Å². The summed E-state index contributed by atoms with van der Waals surface area (Å²) in [7, 11) is 0. The summed E-state index contributed by atoms with van der Waals surface area (Å²) in [5.74, 6) is -0.874. The number of phenolic OH excluding ortho intramolecular Hbond substituents is 1. The van der Waals surface area contributed by atoms with Crippen LogP contribution < -0.4 is 21.3 Å². The first-order valence-corrected chi connectivity index (χ1v) is 14.1. The molecule has 2 aromatic carbocycles. The molecule has 2 aromatic rings. The van der Waals surface area contributed by atoms with Gasteiger partial charge in [-0.1, -0.05) is 63.2 Å². The quantitative estimate of drug-likeness (QED) is 0.240. The van der Waals surface area contributed by atoms with E-state index in [-0.39, 0.29) is 37.0 Å². The minimum absolute atomic E-state index is 0.00866. The predicted octanol–water partition coefficient (Wildman–Crippen LogP) is 2.61. The molecule has 1 fully saturated rings. The van der Waals surface area contributed by atoms with Crippen LogP contribution in [0.15, 0.2) is 54.6 Å². The Kier molecular flexibility index (Phi) is 14.6. The second-order valence-corrected chi connectivity index (χ2v) is 10.8. The van der Waals surface area contributed by atoms with Crippen LogP contribution in [0.1, 0.15) is 51.2 Å². The van der Waals surface area contributed by atoms with Crippen LogP contribution in [-0.2, 0) is 36.9 Å². The summed E-state index contributed by atoms with van der Waals surface area (Å²) in [5.41, 5.74) is 1.43. The van der Waals surface area contributed by atoms with Crippen molar-refractivity contribution in [2.24, 2.45) is 11.8 Å². The highest BCUT2D eigenvalue weighted by atomic mass is 16.5. The number of ether oxygens (including phenoxy) is 1. The van der Waals surface area contributed by atoms with Crippen molar-refractivity contribution in [3.63, 3.8) is 0 Å². The Bertz CT molecular complexity index is 1150. The molecule has 3 unspecified atom stereocenters. The number of rotatable bonds is 12. The number of amides is 4. The third kappa shape index (κ3) is 13.3. The highest BCUT2D eigenvalue weighted by Crippen LogP contribution is 2.17. The van der Waals surface area contributed by atoms with Gasteiger partial charge >= 0.3 is 6.09 Å². The fraction of sp³-hybridized carbons (Fsp3) is 0.452. The van der Waals surface area contributed by atoms with E-state index in [9.17, 15) is 29.1 Å². The normalized spacial score (nSPS) is 15.6. The zero-order valence-corrected chi connectivity index (χ0v) is 24.4. The van der Waals surface area contributed by atoms with Gasteiger partial charge in [-0.15, -0.1) is 0 Å². The molecule has 11 heteroatoms. The van der Waals surface area contributed by atoms with Gasteiger partial charge in [0.05, 0.1) is 12.6 Å². The summed E-state index contributed by atoms with van der Waals surface area (Å²) < 4.78 is 5.22. The second-order valence-electron chi connectivity index (χ2n) is 10.8. The minimum Gasteiger partial charge on any atom is -0.508 e. The average Bonchev–Trinajstić information content (AvgIpc) is 2.96. The zero-order chi connectivity index (χ0) is 30.9. The van der Waals surface area contributed by atoms with Crippen molar-refractivity contribution < 1.29 is 33.8 Å². The van der Waals surface area contributed by atoms with Gasteiger partial charge in [-0.3, -0.25) is 14.4 Å². The van der Waals surface area contributed by atoms with Crippen LogP contribution in [0.5, 0.6) is 5.75 Å². The maximum atomic E-state index is 12.9. The lowest BCUT2D eigenvalue weighted by Crippen LogP contribution is -2.51. The lowest BCUT2D eigenvalue weighted by molar-refractivity contribution is -0.129. The van der Waals surface area contributed by atoms with Gasteiger partial charge in [0.15, 0.2) is 0 Å². The molecule has 5 N–H and O–H groups in total. The van der Waals surface area contributed by atoms with E-state index >= 15 is 0 Å². The van der Waals surface area contributed by atoms with Crippen molar-refractivity contribution in [1.29, 1.82) is 0 Å². The minimum atomic E-state index is -1.08. The lowest BCUT2D eigenvalue weighted by atomic mass is 9.92. The van der Waals surface area contributed by atoms with Gasteiger partial charge in [0.2, 0.25) is 17.7 Å². The number of aldehydes is 1. The summed E-state index contributed by atoms with van der Waals surface area (Å²) in [5, 5.41) is 19.8. The topological polar surface area (TPSA) is 163 Å². The number of piperidine rings is 1. The highest BCUT2D eigenvalue weighted by Gasteiger charge is 2.27. The Morgan fingerprint density at radius 2 is 1.69 bits per heavy atom. The number of carbonyl (C=O) groups excluding carboxylic acids is 5. The zero-order valence-electron chi connectivity index (χ0n) is 24.4. The number of nitrogens with one attached hydrogen (secondary N) is 4. The number of aromatic hydroxyl groups is 1. The van der Waals surface area contributed by atoms with E-state index in [4.69, 9.17) is 4.74 Å². The Balaban J connectivity index is 0.00000144. The fourth-order valence-corrected chi connectivity index (χ4v) is 4.05. The van der Waals surface area contributed by atoms with E-state index in [0.29, 0.717) is 24.8 Å². The largest absolute Gasteiger partial charge is 0.508 e. The Hall–Kier alpha value is -4.41. The lowest BCUT2D eigenvalue weighted by Gasteiger charge is -2.24. The van der Waals surface area contributed by atoms with Crippen molar-refractivity contribution in [3.8, 4) is 5.75 Å². The molecule has 3 atom stereocenters. The summed E-state index contributed by atoms with van der Waals surface area (Å²) in [6, 6.07) is 13.2. The standard InChI is InChI=1S/C27H32N4O7.C4H10/c32-16-21(14-20-7-4-12-28-25(20)35)30-24(34)15-29-26(36)23(13-18-8-10-22(33)11-9-18)31-27(37)38-17-19-5-2-1-3-6-19;1-4(2)3/h1-3,5-6,8-11,16,20-21,23,33H,4,7,12-15,17H2,(H,28,35)(H,29,36)(H,30,34)(H,31,37);4H,1-3H3. The van der Waals surface area contributed by atoms with E-state index in [2.05, 4.69) is 42.0 Å². The molecule has 0 spiro atoms. The van der Waals surface area contributed by atoms with Crippen LogP contribution in [0.4, 0.5) is 4.79 Å². The Labute approximate surface area is 246 Å². The van der Waals surface area contributed by atoms with Gasteiger partial charge in [-0.2, -0.15) is 0 Å². The van der Waals surface area contributed by atoms with Gasteiger partial charge in [-0.05, 0) is 48.4 Å². The number of phenols is 1. The van der Waals surface area contributed by atoms with Crippen LogP contribution in [0, 0.1) is 11.8 Å². The number of benzene rings is 2. The van der Waals surface area contributed by atoms with E-state index in [1.165, 1.54) is 12.1 Å². The molecule has 0 aromatic heterocycles. The molecular weight excluding hydrogens is 540 g/mol. The monoisotopic (exact) mass is 582 g/mol. The summed E-state index contributed by atoms with van der Waals surface area (Å²) in [4.78, 5) is 61.2. The molecule has 4 amide bonds. The third-order valence-electron chi connectivity index (χ3n) is 6.07. The molecule has 1 aliphatic heterocycles. The predicted molar refractivity (Wildman–Crippen MR) is 157 cm³/mol.